The lowest BCUT2D eigenvalue weighted by molar-refractivity contribution is -0.274. The minimum absolute atomic E-state index is 0.467. The third kappa shape index (κ3) is 13.0. The van der Waals surface area contributed by atoms with Gasteiger partial charge in [-0.05, 0) is 36.0 Å². The Balaban J connectivity index is 2.13. The molecule has 10 atom stereocenters. The Hall–Kier alpha value is -6.53. The highest BCUT2D eigenvalue weighted by Gasteiger charge is 2.56. The zero-order valence-corrected chi connectivity index (χ0v) is 36.9. The van der Waals surface area contributed by atoms with Crippen LogP contribution in [0.25, 0.3) is 12.2 Å². The molecule has 2 fully saturated rings. The zero-order valence-electron chi connectivity index (χ0n) is 36.1. The number of nitrogens with zero attached hydrogens (tertiary/aromatic N) is 3. The quantitative estimate of drug-likeness (QED) is 0.139. The number of carbonyl (C=O) groups excluding carboxylic acids is 8. The van der Waals surface area contributed by atoms with Crippen molar-refractivity contribution in [3.05, 3.63) is 50.6 Å². The molecule has 0 N–H and O–H groups in total. The second-order valence-corrected chi connectivity index (χ2v) is 14.4. The number of hydrogen-bond donors (Lipinski definition) is 0. The minimum Gasteiger partial charge on any atom is -0.497 e. The summed E-state index contributed by atoms with van der Waals surface area (Å²) in [6.07, 6.45) is -14.6. The summed E-state index contributed by atoms with van der Waals surface area (Å²) in [4.78, 5) is 115. The van der Waals surface area contributed by atoms with Gasteiger partial charge in [-0.1, -0.05) is 18.2 Å². The molecular formula is C40H47N3O20S. The van der Waals surface area contributed by atoms with Gasteiger partial charge in [-0.25, -0.2) is 4.68 Å². The van der Waals surface area contributed by atoms with Crippen molar-refractivity contribution in [1.29, 1.82) is 0 Å². The molecule has 24 heteroatoms. The van der Waals surface area contributed by atoms with Gasteiger partial charge in [-0.15, -0.1) is 0 Å². The molecule has 4 rings (SSSR count). The molecule has 0 spiro atoms. The van der Waals surface area contributed by atoms with Gasteiger partial charge in [-0.2, -0.15) is 5.10 Å². The van der Waals surface area contributed by atoms with Gasteiger partial charge in [0.1, 0.15) is 36.9 Å². The molecule has 2 saturated heterocycles. The summed E-state index contributed by atoms with van der Waals surface area (Å²) in [6, 6.07) is 6.55. The van der Waals surface area contributed by atoms with Crippen LogP contribution in [0.5, 0.6) is 5.75 Å². The smallest absolute Gasteiger partial charge is 0.303 e. The number of hydrogen-bond acceptors (Lipinski definition) is 22. The van der Waals surface area contributed by atoms with Crippen LogP contribution in [0.15, 0.2) is 29.1 Å². The molecule has 0 unspecified atom stereocenters. The maximum Gasteiger partial charge on any atom is 0.303 e. The molecule has 0 radical (unpaired) electrons. The van der Waals surface area contributed by atoms with E-state index in [0.29, 0.717) is 11.3 Å². The molecule has 2 aliphatic heterocycles. The molecule has 0 bridgehead atoms. The fourth-order valence-corrected chi connectivity index (χ4v) is 7.05. The van der Waals surface area contributed by atoms with E-state index in [1.165, 1.54) is 19.3 Å². The first-order valence-corrected chi connectivity index (χ1v) is 19.7. The molecule has 0 aliphatic carbocycles. The topological polar surface area (TPSA) is 278 Å². The van der Waals surface area contributed by atoms with Gasteiger partial charge in [0, 0.05) is 55.4 Å². The van der Waals surface area contributed by atoms with E-state index in [9.17, 15) is 43.2 Å². The monoisotopic (exact) mass is 921 g/mol. The Morgan fingerprint density at radius 2 is 0.969 bits per heavy atom. The van der Waals surface area contributed by atoms with E-state index < -0.39 is 138 Å². The van der Waals surface area contributed by atoms with Gasteiger partial charge >= 0.3 is 47.8 Å². The molecule has 0 saturated carbocycles. The molecule has 3 heterocycles. The third-order valence-electron chi connectivity index (χ3n) is 9.03. The summed E-state index contributed by atoms with van der Waals surface area (Å²) in [5.41, 5.74) is -1.01. The van der Waals surface area contributed by atoms with Crippen LogP contribution >= 0.6 is 12.2 Å². The van der Waals surface area contributed by atoms with Gasteiger partial charge in [0.2, 0.25) is 4.77 Å². The van der Waals surface area contributed by atoms with E-state index in [-0.39, 0.29) is 0 Å². The molecule has 23 nitrogen and oxygen atoms in total. The fourth-order valence-electron chi connectivity index (χ4n) is 6.72. The number of aromatic nitrogens is 3. The minimum atomic E-state index is -1.95. The number of rotatable bonds is 15. The first kappa shape index (κ1) is 50.1. The first-order valence-electron chi connectivity index (χ1n) is 19.3. The van der Waals surface area contributed by atoms with Crippen LogP contribution in [0, 0.1) is 4.77 Å². The Bertz CT molecular complexity index is 2260. The van der Waals surface area contributed by atoms with Crippen LogP contribution in [-0.4, -0.2) is 131 Å². The summed E-state index contributed by atoms with van der Waals surface area (Å²) in [5, 5.41) is 4.48. The average molecular weight is 922 g/mol. The van der Waals surface area contributed by atoms with Crippen LogP contribution in [0.2, 0.25) is 0 Å². The van der Waals surface area contributed by atoms with Gasteiger partial charge in [0.05, 0.1) is 7.11 Å². The van der Waals surface area contributed by atoms with Gasteiger partial charge in [0.25, 0.3) is 5.56 Å². The van der Waals surface area contributed by atoms with Crippen LogP contribution in [-0.2, 0) is 85.7 Å². The Kier molecular flexibility index (Phi) is 17.4. The number of methoxy groups -OCH3 is 1. The predicted molar refractivity (Wildman–Crippen MR) is 214 cm³/mol. The molecule has 64 heavy (non-hydrogen) atoms. The summed E-state index contributed by atoms with van der Waals surface area (Å²) in [6.45, 7) is 6.87. The lowest BCUT2D eigenvalue weighted by Crippen LogP contribution is -2.62. The second kappa shape index (κ2) is 22.2. The Labute approximate surface area is 369 Å². The molecule has 2 aromatic rings. The molecule has 0 amide bonds. The molecule has 1 aromatic heterocycles. The first-order chi connectivity index (χ1) is 30.1. The predicted octanol–water partition coefficient (Wildman–Crippen LogP) is 1.46. The van der Waals surface area contributed by atoms with E-state index >= 15 is 0 Å². The Morgan fingerprint density at radius 1 is 0.578 bits per heavy atom. The highest BCUT2D eigenvalue weighted by molar-refractivity contribution is 7.71. The SMILES string of the molecule is COc1ccc(/C=C/c2nn([C@@H]3O[C@H](COC(C)=O)[C@@H](OC(C)=O)[C@H](OC(C)=O)[C@H]3OC(C)=O)c(=S)n([C@@H]3O[C@H](COC(C)=O)[C@@H](OC(C)=O)[C@H](OC(C)=O)[C@H]3OC(C)=O)c2=O)cc1. The van der Waals surface area contributed by atoms with Gasteiger partial charge < -0.3 is 52.1 Å². The van der Waals surface area contributed by atoms with Crippen LogP contribution in [0.1, 0.15) is 79.1 Å². The molecule has 348 valence electrons. The van der Waals surface area contributed by atoms with Crippen molar-refractivity contribution in [3.8, 4) is 5.75 Å². The maximum atomic E-state index is 14.9. The van der Waals surface area contributed by atoms with Gasteiger partial charge in [-0.3, -0.25) is 47.7 Å². The summed E-state index contributed by atoms with van der Waals surface area (Å²) >= 11 is 5.91. The van der Waals surface area contributed by atoms with Crippen molar-refractivity contribution >= 4 is 72.1 Å². The van der Waals surface area contributed by atoms with Crippen molar-refractivity contribution in [2.75, 3.05) is 20.3 Å². The Morgan fingerprint density at radius 3 is 1.38 bits per heavy atom. The highest BCUT2D eigenvalue weighted by atomic mass is 32.1. The number of esters is 8. The number of carbonyl (C=O) groups is 8. The molecule has 1 aromatic carbocycles. The summed E-state index contributed by atoms with van der Waals surface area (Å²) in [7, 11) is 1.47. The van der Waals surface area contributed by atoms with E-state index in [0.717, 1.165) is 64.6 Å². The molecular weight excluding hydrogens is 875 g/mol. The van der Waals surface area contributed by atoms with Crippen molar-refractivity contribution in [2.45, 2.75) is 117 Å². The number of benzene rings is 1. The standard InChI is InChI=1S/C40H47N3O20S/c1-18(44)54-16-29-31(56-20(3)46)33(58-22(5)48)35(60-24(7)50)38(62-29)42-37(52)28(15-12-26-10-13-27(53-9)14-11-26)41-43(40(42)64)39-36(61-25(8)51)34(59-23(6)49)32(57-21(4)47)30(63-39)17-55-19(2)45/h10-15,29-36,38-39H,16-17H2,1-9H3/b15-12+/t29-,30-,31-,32-,33+,34+,35-,36-,38-,39-/m1/s1. The van der Waals surface area contributed by atoms with Crippen molar-refractivity contribution in [3.63, 3.8) is 0 Å². The van der Waals surface area contributed by atoms with Crippen molar-refractivity contribution < 1.29 is 90.5 Å². The lowest BCUT2D eigenvalue weighted by atomic mass is 9.96. The van der Waals surface area contributed by atoms with Gasteiger partial charge in [0.15, 0.2) is 49.1 Å². The zero-order chi connectivity index (χ0) is 47.6. The fraction of sp³-hybridized carbons (Fsp3) is 0.525. The summed E-state index contributed by atoms with van der Waals surface area (Å²) < 4.78 is 62.6. The van der Waals surface area contributed by atoms with E-state index in [2.05, 4.69) is 5.10 Å². The largest absolute Gasteiger partial charge is 0.497 e. The maximum absolute atomic E-state index is 14.9. The third-order valence-corrected chi connectivity index (χ3v) is 9.42. The normalized spacial score (nSPS) is 25.2. The van der Waals surface area contributed by atoms with Crippen LogP contribution in [0.3, 0.4) is 0 Å². The van der Waals surface area contributed by atoms with E-state index in [4.69, 9.17) is 64.3 Å². The van der Waals surface area contributed by atoms with Crippen molar-refractivity contribution in [2.24, 2.45) is 0 Å². The lowest BCUT2D eigenvalue weighted by Gasteiger charge is -2.45. The van der Waals surface area contributed by atoms with Crippen LogP contribution in [0.4, 0.5) is 0 Å². The average Bonchev–Trinajstić information content (AvgIpc) is 3.19. The van der Waals surface area contributed by atoms with Crippen molar-refractivity contribution in [1.82, 2.24) is 14.3 Å². The summed E-state index contributed by atoms with van der Waals surface area (Å²) in [5.74, 6) is -6.83. The second-order valence-electron chi connectivity index (χ2n) is 14.1. The van der Waals surface area contributed by atoms with Crippen LogP contribution < -0.4 is 10.3 Å². The van der Waals surface area contributed by atoms with E-state index in [1.807, 2.05) is 0 Å². The molecule has 2 aliphatic rings. The van der Waals surface area contributed by atoms with E-state index in [1.54, 1.807) is 24.3 Å². The highest BCUT2D eigenvalue weighted by Crippen LogP contribution is 2.37. The number of ether oxygens (including phenoxy) is 11.